The van der Waals surface area contributed by atoms with Crippen LogP contribution in [0.3, 0.4) is 0 Å². The monoisotopic (exact) mass is 371 g/mol. The molecule has 2 heterocycles. The van der Waals surface area contributed by atoms with E-state index in [9.17, 15) is 9.90 Å². The number of nitrogens with zero attached hydrogens (tertiary/aromatic N) is 2. The number of likely N-dealkylation sites (tertiary alicyclic amines) is 1. The molecule has 1 amide bonds. The molecule has 1 fully saturated rings. The summed E-state index contributed by atoms with van der Waals surface area (Å²) < 4.78 is 0. The van der Waals surface area contributed by atoms with E-state index >= 15 is 0 Å². The molecule has 0 aliphatic carbocycles. The maximum Gasteiger partial charge on any atom is 0.220 e. The van der Waals surface area contributed by atoms with Gasteiger partial charge in [0.1, 0.15) is 6.10 Å². The first-order valence-corrected chi connectivity index (χ1v) is 8.80. The van der Waals surface area contributed by atoms with Crippen molar-refractivity contribution < 1.29 is 9.90 Å². The Hall–Kier alpha value is -1.17. The number of aliphatic hydroxyl groups is 1. The third-order valence-electron chi connectivity index (χ3n) is 4.44. The minimum Gasteiger partial charge on any atom is -0.386 e. The summed E-state index contributed by atoms with van der Waals surface area (Å²) >= 11 is 0. The van der Waals surface area contributed by atoms with Crippen molar-refractivity contribution in [2.24, 2.45) is 0 Å². The standard InChI is InChI=1S/C18H29N3O2.CH4.ClH/c1-2-3-4-7-17(22)20-16(14-21-12-5-6-13-21)18(23)15-8-10-19-11-9-15;;/h8-11,16,18,23H,2-7,12-14H2,1H3,(H,20,22);1H4;1H/t16-,18-;;/m0../s1. The van der Waals surface area contributed by atoms with Gasteiger partial charge in [-0.05, 0) is 50.0 Å². The number of aromatic nitrogens is 1. The van der Waals surface area contributed by atoms with E-state index in [1.165, 1.54) is 12.8 Å². The van der Waals surface area contributed by atoms with Crippen molar-refractivity contribution >= 4 is 18.3 Å². The molecule has 0 bridgehead atoms. The predicted molar refractivity (Wildman–Crippen MR) is 105 cm³/mol. The zero-order chi connectivity index (χ0) is 16.5. The molecule has 2 N–H and O–H groups in total. The zero-order valence-electron chi connectivity index (χ0n) is 14.5. The van der Waals surface area contributed by atoms with Gasteiger partial charge < -0.3 is 15.3 Å². The van der Waals surface area contributed by atoms with Crippen LogP contribution in [0.1, 0.15) is 64.5 Å². The Kier molecular flexibility index (Phi) is 12.5. The highest BCUT2D eigenvalue weighted by atomic mass is 35.5. The van der Waals surface area contributed by atoms with Gasteiger partial charge in [-0.3, -0.25) is 9.78 Å². The number of aliphatic hydroxyl groups excluding tert-OH is 1. The van der Waals surface area contributed by atoms with E-state index in [0.717, 1.165) is 37.9 Å². The van der Waals surface area contributed by atoms with Crippen LogP contribution in [0.5, 0.6) is 0 Å². The molecule has 0 spiro atoms. The number of halogens is 1. The molecule has 1 aliphatic rings. The highest BCUT2D eigenvalue weighted by molar-refractivity contribution is 5.85. The lowest BCUT2D eigenvalue weighted by Crippen LogP contribution is -2.46. The molecule has 25 heavy (non-hydrogen) atoms. The number of carbonyl (C=O) groups is 1. The second-order valence-corrected chi connectivity index (χ2v) is 6.36. The average Bonchev–Trinajstić information content (AvgIpc) is 3.08. The Morgan fingerprint density at radius 1 is 1.28 bits per heavy atom. The number of amides is 1. The topological polar surface area (TPSA) is 65.5 Å². The molecule has 5 nitrogen and oxygen atoms in total. The maximum absolute atomic E-state index is 12.2. The van der Waals surface area contributed by atoms with Gasteiger partial charge in [0.15, 0.2) is 0 Å². The molecule has 144 valence electrons. The summed E-state index contributed by atoms with van der Waals surface area (Å²) in [7, 11) is 0. The van der Waals surface area contributed by atoms with Crippen molar-refractivity contribution in [3.8, 4) is 0 Å². The van der Waals surface area contributed by atoms with Crippen LogP contribution in [0, 0.1) is 0 Å². The zero-order valence-corrected chi connectivity index (χ0v) is 15.3. The second kappa shape index (κ2) is 13.1. The molecule has 6 heteroatoms. The molecule has 1 aromatic heterocycles. The number of pyridine rings is 1. The molecular weight excluding hydrogens is 338 g/mol. The smallest absolute Gasteiger partial charge is 0.220 e. The van der Waals surface area contributed by atoms with Crippen LogP contribution in [0.25, 0.3) is 0 Å². The highest BCUT2D eigenvalue weighted by Gasteiger charge is 2.26. The van der Waals surface area contributed by atoms with E-state index in [1.54, 1.807) is 12.4 Å². The van der Waals surface area contributed by atoms with Gasteiger partial charge in [0, 0.05) is 25.4 Å². The maximum atomic E-state index is 12.2. The first-order chi connectivity index (χ1) is 11.2. The minimum absolute atomic E-state index is 0. The predicted octanol–water partition coefficient (Wildman–Crippen LogP) is 3.33. The average molecular weight is 372 g/mol. The molecule has 0 aromatic carbocycles. The largest absolute Gasteiger partial charge is 0.386 e. The number of unbranched alkanes of at least 4 members (excludes halogenated alkanes) is 2. The minimum atomic E-state index is -0.700. The van der Waals surface area contributed by atoms with Crippen molar-refractivity contribution in [2.45, 2.75) is 65.0 Å². The lowest BCUT2D eigenvalue weighted by atomic mass is 10.0. The van der Waals surface area contributed by atoms with Crippen molar-refractivity contribution in [3.05, 3.63) is 30.1 Å². The summed E-state index contributed by atoms with van der Waals surface area (Å²) in [5, 5.41) is 13.7. The van der Waals surface area contributed by atoms with E-state index in [2.05, 4.69) is 22.1 Å². The number of rotatable bonds is 9. The van der Waals surface area contributed by atoms with Gasteiger partial charge in [0.2, 0.25) is 5.91 Å². The molecule has 0 unspecified atom stereocenters. The molecule has 1 aliphatic heterocycles. The van der Waals surface area contributed by atoms with Gasteiger partial charge in [-0.1, -0.05) is 27.2 Å². The molecule has 2 atom stereocenters. The number of hydrogen-bond acceptors (Lipinski definition) is 4. The van der Waals surface area contributed by atoms with Gasteiger partial charge in [-0.25, -0.2) is 0 Å². The molecule has 1 aromatic rings. The Bertz CT molecular complexity index is 467. The summed E-state index contributed by atoms with van der Waals surface area (Å²) in [6.07, 6.45) is 8.65. The molecular formula is C19H34ClN3O2. The Morgan fingerprint density at radius 3 is 2.52 bits per heavy atom. The Labute approximate surface area is 158 Å². The van der Waals surface area contributed by atoms with Crippen molar-refractivity contribution in [3.63, 3.8) is 0 Å². The molecule has 1 saturated heterocycles. The third-order valence-corrected chi connectivity index (χ3v) is 4.44. The van der Waals surface area contributed by atoms with E-state index in [4.69, 9.17) is 0 Å². The van der Waals surface area contributed by atoms with Crippen LogP contribution >= 0.6 is 12.4 Å². The molecule has 0 radical (unpaired) electrons. The fraction of sp³-hybridized carbons (Fsp3) is 0.684. The SMILES string of the molecule is C.CCCCCC(=O)N[C@@H](CN1CCCC1)[C@@H](O)c1ccncc1.Cl. The van der Waals surface area contributed by atoms with Crippen LogP contribution < -0.4 is 5.32 Å². The quantitative estimate of drug-likeness (QED) is 0.653. The van der Waals surface area contributed by atoms with Crippen LogP contribution in [0.15, 0.2) is 24.5 Å². The Balaban J connectivity index is 0.00000288. The van der Waals surface area contributed by atoms with E-state index in [1.807, 2.05) is 12.1 Å². The molecule has 2 rings (SSSR count). The summed E-state index contributed by atoms with van der Waals surface area (Å²) in [6, 6.07) is 3.35. The van der Waals surface area contributed by atoms with E-state index in [-0.39, 0.29) is 31.8 Å². The normalized spacial score (nSPS) is 16.4. The van der Waals surface area contributed by atoms with Crippen LogP contribution in [0.2, 0.25) is 0 Å². The summed E-state index contributed by atoms with van der Waals surface area (Å²) in [4.78, 5) is 18.5. The number of nitrogens with one attached hydrogen (secondary N) is 1. The highest BCUT2D eigenvalue weighted by Crippen LogP contribution is 2.19. The van der Waals surface area contributed by atoms with Crippen molar-refractivity contribution in [1.82, 2.24) is 15.2 Å². The van der Waals surface area contributed by atoms with E-state index < -0.39 is 6.10 Å². The summed E-state index contributed by atoms with van der Waals surface area (Å²) in [5.41, 5.74) is 0.804. The number of hydrogen-bond donors (Lipinski definition) is 2. The van der Waals surface area contributed by atoms with Gasteiger partial charge in [0.25, 0.3) is 0 Å². The van der Waals surface area contributed by atoms with Crippen molar-refractivity contribution in [1.29, 1.82) is 0 Å². The lowest BCUT2D eigenvalue weighted by molar-refractivity contribution is -0.123. The second-order valence-electron chi connectivity index (χ2n) is 6.36. The summed E-state index contributed by atoms with van der Waals surface area (Å²) in [5.74, 6) is 0.0377. The Morgan fingerprint density at radius 2 is 1.92 bits per heavy atom. The van der Waals surface area contributed by atoms with Crippen LogP contribution in [-0.2, 0) is 4.79 Å². The lowest BCUT2D eigenvalue weighted by Gasteiger charge is -2.28. The van der Waals surface area contributed by atoms with Gasteiger partial charge in [-0.2, -0.15) is 0 Å². The van der Waals surface area contributed by atoms with Gasteiger partial charge in [0.05, 0.1) is 6.04 Å². The first-order valence-electron chi connectivity index (χ1n) is 8.80. The number of carbonyl (C=O) groups excluding carboxylic acids is 1. The fourth-order valence-electron chi connectivity index (χ4n) is 3.08. The van der Waals surface area contributed by atoms with Crippen molar-refractivity contribution in [2.75, 3.05) is 19.6 Å². The first kappa shape index (κ1) is 23.8. The fourth-order valence-corrected chi connectivity index (χ4v) is 3.08. The molecule has 0 saturated carbocycles. The van der Waals surface area contributed by atoms with Gasteiger partial charge >= 0.3 is 0 Å². The third kappa shape index (κ3) is 8.17. The summed E-state index contributed by atoms with van der Waals surface area (Å²) in [6.45, 7) is 4.92. The van der Waals surface area contributed by atoms with Crippen LogP contribution in [0.4, 0.5) is 0 Å². The van der Waals surface area contributed by atoms with Crippen LogP contribution in [-0.4, -0.2) is 46.6 Å². The van der Waals surface area contributed by atoms with E-state index in [0.29, 0.717) is 13.0 Å². The van der Waals surface area contributed by atoms with Gasteiger partial charge in [-0.15, -0.1) is 12.4 Å².